The van der Waals surface area contributed by atoms with Crippen molar-refractivity contribution in [2.75, 3.05) is 26.9 Å². The summed E-state index contributed by atoms with van der Waals surface area (Å²) in [6.07, 6.45) is 2.03. The molecule has 0 aromatic heterocycles. The lowest BCUT2D eigenvalue weighted by Crippen LogP contribution is -2.56. The molecule has 0 spiro atoms. The number of ether oxygens (including phenoxy) is 3. The number of nitrogens with one attached hydrogen (secondary N) is 1. The Kier molecular flexibility index (Phi) is 6.24. The van der Waals surface area contributed by atoms with Gasteiger partial charge in [-0.05, 0) is 37.0 Å². The van der Waals surface area contributed by atoms with E-state index in [0.29, 0.717) is 50.7 Å². The van der Waals surface area contributed by atoms with Crippen LogP contribution in [0.5, 0.6) is 11.5 Å². The molecule has 1 aromatic carbocycles. The summed E-state index contributed by atoms with van der Waals surface area (Å²) in [6.45, 7) is 4.16. The maximum atomic E-state index is 12.3. The van der Waals surface area contributed by atoms with E-state index < -0.39 is 5.54 Å². The van der Waals surface area contributed by atoms with Gasteiger partial charge in [-0.3, -0.25) is 4.79 Å². The van der Waals surface area contributed by atoms with Gasteiger partial charge in [0.25, 0.3) is 0 Å². The largest absolute Gasteiger partial charge is 0.493 e. The van der Waals surface area contributed by atoms with Crippen LogP contribution >= 0.6 is 0 Å². The van der Waals surface area contributed by atoms with Gasteiger partial charge in [-0.25, -0.2) is 0 Å². The third-order valence-corrected chi connectivity index (χ3v) is 3.98. The molecule has 23 heavy (non-hydrogen) atoms. The van der Waals surface area contributed by atoms with Gasteiger partial charge in [-0.15, -0.1) is 0 Å². The SMILES string of the molecule is CCCOc1ccc(CNC(=O)C2(N)CCOCC2)cc1OC. The molecule has 0 atom stereocenters. The maximum absolute atomic E-state index is 12.3. The van der Waals surface area contributed by atoms with Crippen molar-refractivity contribution in [1.29, 1.82) is 0 Å². The molecule has 1 aromatic rings. The number of hydrogen-bond acceptors (Lipinski definition) is 5. The number of hydrogen-bond donors (Lipinski definition) is 2. The zero-order valence-corrected chi connectivity index (χ0v) is 13.9. The first kappa shape index (κ1) is 17.6. The Morgan fingerprint density at radius 1 is 1.35 bits per heavy atom. The monoisotopic (exact) mass is 322 g/mol. The topological polar surface area (TPSA) is 82.8 Å². The van der Waals surface area contributed by atoms with Gasteiger partial charge in [0.2, 0.25) is 5.91 Å². The third kappa shape index (κ3) is 4.59. The summed E-state index contributed by atoms with van der Waals surface area (Å²) in [5.41, 5.74) is 6.28. The van der Waals surface area contributed by atoms with Crippen molar-refractivity contribution in [3.05, 3.63) is 23.8 Å². The van der Waals surface area contributed by atoms with Gasteiger partial charge in [0.15, 0.2) is 11.5 Å². The van der Waals surface area contributed by atoms with E-state index >= 15 is 0 Å². The Balaban J connectivity index is 1.96. The minimum absolute atomic E-state index is 0.133. The zero-order valence-electron chi connectivity index (χ0n) is 13.9. The van der Waals surface area contributed by atoms with Crippen LogP contribution in [0.3, 0.4) is 0 Å². The molecule has 6 nitrogen and oxygen atoms in total. The van der Waals surface area contributed by atoms with Crippen molar-refractivity contribution >= 4 is 5.91 Å². The van der Waals surface area contributed by atoms with E-state index in [4.69, 9.17) is 19.9 Å². The fourth-order valence-electron chi connectivity index (χ4n) is 2.47. The fourth-order valence-corrected chi connectivity index (χ4v) is 2.47. The number of carbonyl (C=O) groups is 1. The van der Waals surface area contributed by atoms with Crippen LogP contribution in [-0.4, -0.2) is 38.4 Å². The average Bonchev–Trinajstić information content (AvgIpc) is 2.58. The summed E-state index contributed by atoms with van der Waals surface area (Å²) in [7, 11) is 1.60. The molecule has 0 bridgehead atoms. The Bertz CT molecular complexity index is 527. The molecule has 1 aliphatic heterocycles. The van der Waals surface area contributed by atoms with Gasteiger partial charge in [-0.1, -0.05) is 13.0 Å². The highest BCUT2D eigenvalue weighted by Gasteiger charge is 2.35. The van der Waals surface area contributed by atoms with Crippen molar-refractivity contribution < 1.29 is 19.0 Å². The highest BCUT2D eigenvalue weighted by molar-refractivity contribution is 5.86. The van der Waals surface area contributed by atoms with E-state index in [1.54, 1.807) is 7.11 Å². The van der Waals surface area contributed by atoms with Crippen molar-refractivity contribution in [2.45, 2.75) is 38.3 Å². The Labute approximate surface area is 137 Å². The molecule has 0 unspecified atom stereocenters. The summed E-state index contributed by atoms with van der Waals surface area (Å²) in [5.74, 6) is 1.24. The number of amides is 1. The van der Waals surface area contributed by atoms with Crippen LogP contribution in [0.25, 0.3) is 0 Å². The van der Waals surface area contributed by atoms with Crippen molar-refractivity contribution in [3.8, 4) is 11.5 Å². The maximum Gasteiger partial charge on any atom is 0.240 e. The molecule has 0 saturated carbocycles. The van der Waals surface area contributed by atoms with Crippen LogP contribution in [0.4, 0.5) is 0 Å². The first-order chi connectivity index (χ1) is 11.1. The van der Waals surface area contributed by atoms with Gasteiger partial charge < -0.3 is 25.3 Å². The second-order valence-corrected chi connectivity index (χ2v) is 5.78. The van der Waals surface area contributed by atoms with Gasteiger partial charge in [0.05, 0.1) is 19.3 Å². The molecule has 1 fully saturated rings. The summed E-state index contributed by atoms with van der Waals surface area (Å²) in [6, 6.07) is 5.65. The summed E-state index contributed by atoms with van der Waals surface area (Å²) in [4.78, 5) is 12.3. The molecular weight excluding hydrogens is 296 g/mol. The quantitative estimate of drug-likeness (QED) is 0.797. The number of rotatable bonds is 7. The van der Waals surface area contributed by atoms with E-state index in [1.165, 1.54) is 0 Å². The average molecular weight is 322 g/mol. The van der Waals surface area contributed by atoms with E-state index in [0.717, 1.165) is 12.0 Å². The molecular formula is C17H26N2O4. The van der Waals surface area contributed by atoms with Crippen LogP contribution < -0.4 is 20.5 Å². The van der Waals surface area contributed by atoms with Gasteiger partial charge >= 0.3 is 0 Å². The van der Waals surface area contributed by atoms with E-state index in [-0.39, 0.29) is 5.91 Å². The second kappa shape index (κ2) is 8.17. The van der Waals surface area contributed by atoms with Crippen molar-refractivity contribution in [3.63, 3.8) is 0 Å². The number of methoxy groups -OCH3 is 1. The van der Waals surface area contributed by atoms with E-state index in [2.05, 4.69) is 12.2 Å². The van der Waals surface area contributed by atoms with Crippen molar-refractivity contribution in [1.82, 2.24) is 5.32 Å². The van der Waals surface area contributed by atoms with Crippen molar-refractivity contribution in [2.24, 2.45) is 5.73 Å². The highest BCUT2D eigenvalue weighted by atomic mass is 16.5. The molecule has 1 aliphatic rings. The lowest BCUT2D eigenvalue weighted by Gasteiger charge is -2.31. The number of benzene rings is 1. The van der Waals surface area contributed by atoms with Crippen LogP contribution in [0.1, 0.15) is 31.7 Å². The summed E-state index contributed by atoms with van der Waals surface area (Å²) in [5, 5.41) is 2.91. The first-order valence-electron chi connectivity index (χ1n) is 8.03. The molecule has 0 radical (unpaired) electrons. The Morgan fingerprint density at radius 2 is 2.09 bits per heavy atom. The predicted molar refractivity (Wildman–Crippen MR) is 87.6 cm³/mol. The van der Waals surface area contributed by atoms with E-state index in [9.17, 15) is 4.79 Å². The number of carbonyl (C=O) groups excluding carboxylic acids is 1. The van der Waals surface area contributed by atoms with Crippen LogP contribution in [0, 0.1) is 0 Å². The lowest BCUT2D eigenvalue weighted by atomic mass is 9.90. The fraction of sp³-hybridized carbons (Fsp3) is 0.588. The molecule has 1 amide bonds. The number of nitrogens with two attached hydrogens (primary N) is 1. The standard InChI is InChI=1S/C17H26N2O4/c1-3-8-23-14-5-4-13(11-15(14)21-2)12-19-16(20)17(18)6-9-22-10-7-17/h4-5,11H,3,6-10,12,18H2,1-2H3,(H,19,20). The van der Waals surface area contributed by atoms with Crippen LogP contribution in [-0.2, 0) is 16.1 Å². The molecule has 0 aliphatic carbocycles. The van der Waals surface area contributed by atoms with Gasteiger partial charge in [0.1, 0.15) is 0 Å². The van der Waals surface area contributed by atoms with Crippen LogP contribution in [0.15, 0.2) is 18.2 Å². The second-order valence-electron chi connectivity index (χ2n) is 5.78. The molecule has 3 N–H and O–H groups in total. The van der Waals surface area contributed by atoms with Gasteiger partial charge in [-0.2, -0.15) is 0 Å². The summed E-state index contributed by atoms with van der Waals surface area (Å²) < 4.78 is 16.2. The van der Waals surface area contributed by atoms with E-state index in [1.807, 2.05) is 18.2 Å². The highest BCUT2D eigenvalue weighted by Crippen LogP contribution is 2.28. The molecule has 1 heterocycles. The first-order valence-corrected chi connectivity index (χ1v) is 8.03. The summed E-state index contributed by atoms with van der Waals surface area (Å²) >= 11 is 0. The minimum Gasteiger partial charge on any atom is -0.493 e. The molecule has 2 rings (SSSR count). The molecule has 6 heteroatoms. The normalized spacial score (nSPS) is 16.7. The lowest BCUT2D eigenvalue weighted by molar-refractivity contribution is -0.129. The van der Waals surface area contributed by atoms with Crippen LogP contribution in [0.2, 0.25) is 0 Å². The van der Waals surface area contributed by atoms with Gasteiger partial charge in [0, 0.05) is 19.8 Å². The Hall–Kier alpha value is -1.79. The third-order valence-electron chi connectivity index (χ3n) is 3.98. The Morgan fingerprint density at radius 3 is 2.74 bits per heavy atom. The predicted octanol–water partition coefficient (Wildman–Crippen LogP) is 1.61. The molecule has 128 valence electrons. The smallest absolute Gasteiger partial charge is 0.240 e. The molecule has 1 saturated heterocycles. The minimum atomic E-state index is -0.827. The zero-order chi connectivity index (χ0) is 16.7.